The molecule has 0 saturated heterocycles. The summed E-state index contributed by atoms with van der Waals surface area (Å²) in [6, 6.07) is 16.7. The summed E-state index contributed by atoms with van der Waals surface area (Å²) in [4.78, 5) is 0. The van der Waals surface area contributed by atoms with Gasteiger partial charge < -0.3 is 10.5 Å². The SMILES string of the molecule is COc1ccc(C2(N)CCC(C)c3ccccc32)cc1. The summed E-state index contributed by atoms with van der Waals surface area (Å²) in [5.74, 6) is 1.45. The van der Waals surface area contributed by atoms with E-state index in [2.05, 4.69) is 43.3 Å². The van der Waals surface area contributed by atoms with Crippen LogP contribution in [0.2, 0.25) is 0 Å². The zero-order valence-corrected chi connectivity index (χ0v) is 12.1. The highest BCUT2D eigenvalue weighted by atomic mass is 16.5. The molecule has 0 heterocycles. The molecule has 104 valence electrons. The highest BCUT2D eigenvalue weighted by Crippen LogP contribution is 2.43. The average molecular weight is 267 g/mol. The number of nitrogens with two attached hydrogens (primary N) is 1. The largest absolute Gasteiger partial charge is 0.497 e. The van der Waals surface area contributed by atoms with Gasteiger partial charge in [-0.1, -0.05) is 43.3 Å². The molecular weight excluding hydrogens is 246 g/mol. The molecule has 0 radical (unpaired) electrons. The molecule has 0 aliphatic heterocycles. The zero-order valence-electron chi connectivity index (χ0n) is 12.1. The van der Waals surface area contributed by atoms with Gasteiger partial charge in [0.2, 0.25) is 0 Å². The van der Waals surface area contributed by atoms with Crippen LogP contribution in [-0.2, 0) is 5.54 Å². The van der Waals surface area contributed by atoms with E-state index >= 15 is 0 Å². The van der Waals surface area contributed by atoms with Crippen LogP contribution in [0.25, 0.3) is 0 Å². The third kappa shape index (κ3) is 2.01. The van der Waals surface area contributed by atoms with E-state index in [1.165, 1.54) is 11.1 Å². The maximum Gasteiger partial charge on any atom is 0.118 e. The first-order valence-electron chi connectivity index (χ1n) is 7.18. The minimum atomic E-state index is -0.380. The number of hydrogen-bond donors (Lipinski definition) is 1. The Morgan fingerprint density at radius 2 is 1.80 bits per heavy atom. The number of benzene rings is 2. The van der Waals surface area contributed by atoms with Crippen molar-refractivity contribution in [1.29, 1.82) is 0 Å². The van der Waals surface area contributed by atoms with Crippen molar-refractivity contribution >= 4 is 0 Å². The molecular formula is C18H21NO. The first-order chi connectivity index (χ1) is 9.65. The van der Waals surface area contributed by atoms with E-state index in [1.807, 2.05) is 12.1 Å². The lowest BCUT2D eigenvalue weighted by Crippen LogP contribution is -2.41. The van der Waals surface area contributed by atoms with E-state index in [0.717, 1.165) is 24.2 Å². The lowest BCUT2D eigenvalue weighted by Gasteiger charge is -2.39. The van der Waals surface area contributed by atoms with Gasteiger partial charge in [-0.25, -0.2) is 0 Å². The Hall–Kier alpha value is -1.80. The van der Waals surface area contributed by atoms with E-state index in [-0.39, 0.29) is 5.54 Å². The molecule has 3 rings (SSSR count). The van der Waals surface area contributed by atoms with Crippen molar-refractivity contribution in [2.24, 2.45) is 5.73 Å². The van der Waals surface area contributed by atoms with E-state index in [9.17, 15) is 0 Å². The van der Waals surface area contributed by atoms with Crippen LogP contribution in [0, 0.1) is 0 Å². The molecule has 2 nitrogen and oxygen atoms in total. The average Bonchev–Trinajstić information content (AvgIpc) is 2.51. The summed E-state index contributed by atoms with van der Waals surface area (Å²) in [5, 5.41) is 0. The molecule has 1 aliphatic rings. The van der Waals surface area contributed by atoms with Gasteiger partial charge in [-0.05, 0) is 47.6 Å². The van der Waals surface area contributed by atoms with Crippen molar-refractivity contribution in [2.75, 3.05) is 7.11 Å². The lowest BCUT2D eigenvalue weighted by atomic mass is 9.70. The summed E-state index contributed by atoms with van der Waals surface area (Å²) in [6.45, 7) is 2.28. The predicted octanol–water partition coefficient (Wildman–Crippen LogP) is 3.79. The molecule has 2 aromatic rings. The van der Waals surface area contributed by atoms with Crippen LogP contribution < -0.4 is 10.5 Å². The van der Waals surface area contributed by atoms with Crippen molar-refractivity contribution in [3.63, 3.8) is 0 Å². The van der Waals surface area contributed by atoms with Crippen molar-refractivity contribution in [2.45, 2.75) is 31.2 Å². The second-order valence-corrected chi connectivity index (χ2v) is 5.73. The van der Waals surface area contributed by atoms with E-state index in [1.54, 1.807) is 7.11 Å². The maximum atomic E-state index is 6.80. The Morgan fingerprint density at radius 1 is 1.10 bits per heavy atom. The molecule has 20 heavy (non-hydrogen) atoms. The molecule has 2 atom stereocenters. The van der Waals surface area contributed by atoms with E-state index in [0.29, 0.717) is 5.92 Å². The van der Waals surface area contributed by atoms with Crippen molar-refractivity contribution in [3.8, 4) is 5.75 Å². The Balaban J connectivity index is 2.09. The standard InChI is InChI=1S/C18H21NO/c1-13-11-12-18(19,17-6-4-3-5-16(13)17)14-7-9-15(20-2)10-8-14/h3-10,13H,11-12,19H2,1-2H3. The van der Waals surface area contributed by atoms with Crippen LogP contribution in [0.3, 0.4) is 0 Å². The zero-order chi connectivity index (χ0) is 14.2. The summed E-state index contributed by atoms with van der Waals surface area (Å²) in [6.07, 6.45) is 2.11. The second kappa shape index (κ2) is 4.95. The Morgan fingerprint density at radius 3 is 2.50 bits per heavy atom. The molecule has 0 spiro atoms. The van der Waals surface area contributed by atoms with Gasteiger partial charge in [0, 0.05) is 0 Å². The number of ether oxygens (including phenoxy) is 1. The fraction of sp³-hybridized carbons (Fsp3) is 0.333. The van der Waals surface area contributed by atoms with Crippen LogP contribution in [-0.4, -0.2) is 7.11 Å². The minimum Gasteiger partial charge on any atom is -0.497 e. The van der Waals surface area contributed by atoms with Gasteiger partial charge in [-0.3, -0.25) is 0 Å². The van der Waals surface area contributed by atoms with Gasteiger partial charge in [0.25, 0.3) is 0 Å². The molecule has 0 saturated carbocycles. The van der Waals surface area contributed by atoms with Crippen molar-refractivity contribution in [3.05, 3.63) is 65.2 Å². The monoisotopic (exact) mass is 267 g/mol. The first kappa shape index (κ1) is 13.2. The Labute approximate surface area is 120 Å². The molecule has 2 unspecified atom stereocenters. The number of rotatable bonds is 2. The summed E-state index contributed by atoms with van der Waals surface area (Å²) < 4.78 is 5.24. The van der Waals surface area contributed by atoms with Gasteiger partial charge >= 0.3 is 0 Å². The molecule has 0 fully saturated rings. The molecule has 1 aliphatic carbocycles. The fourth-order valence-electron chi connectivity index (χ4n) is 3.26. The minimum absolute atomic E-state index is 0.380. The maximum absolute atomic E-state index is 6.80. The van der Waals surface area contributed by atoms with Gasteiger partial charge in [0.05, 0.1) is 12.6 Å². The summed E-state index contributed by atoms with van der Waals surface area (Å²) >= 11 is 0. The van der Waals surface area contributed by atoms with E-state index in [4.69, 9.17) is 10.5 Å². The number of methoxy groups -OCH3 is 1. The highest BCUT2D eigenvalue weighted by Gasteiger charge is 2.36. The topological polar surface area (TPSA) is 35.2 Å². The van der Waals surface area contributed by atoms with Gasteiger partial charge in [-0.15, -0.1) is 0 Å². The molecule has 0 bridgehead atoms. The predicted molar refractivity (Wildman–Crippen MR) is 82.1 cm³/mol. The third-order valence-corrected chi connectivity index (χ3v) is 4.55. The second-order valence-electron chi connectivity index (χ2n) is 5.73. The van der Waals surface area contributed by atoms with Crippen LogP contribution >= 0.6 is 0 Å². The van der Waals surface area contributed by atoms with Crippen LogP contribution in [0.15, 0.2) is 48.5 Å². The molecule has 0 amide bonds. The number of fused-ring (bicyclic) bond motifs is 1. The Kier molecular flexibility index (Phi) is 3.27. The van der Waals surface area contributed by atoms with E-state index < -0.39 is 0 Å². The van der Waals surface area contributed by atoms with Crippen molar-refractivity contribution in [1.82, 2.24) is 0 Å². The van der Waals surface area contributed by atoms with Crippen LogP contribution in [0.4, 0.5) is 0 Å². The highest BCUT2D eigenvalue weighted by molar-refractivity contribution is 5.46. The molecule has 2 heteroatoms. The lowest BCUT2D eigenvalue weighted by molar-refractivity contribution is 0.405. The van der Waals surface area contributed by atoms with Crippen molar-refractivity contribution < 1.29 is 4.74 Å². The number of hydrogen-bond acceptors (Lipinski definition) is 2. The molecule has 2 aromatic carbocycles. The van der Waals surface area contributed by atoms with Gasteiger partial charge in [0.1, 0.15) is 5.75 Å². The summed E-state index contributed by atoms with van der Waals surface area (Å²) in [7, 11) is 1.69. The smallest absolute Gasteiger partial charge is 0.118 e. The molecule has 2 N–H and O–H groups in total. The first-order valence-corrected chi connectivity index (χ1v) is 7.18. The molecule has 0 aromatic heterocycles. The third-order valence-electron chi connectivity index (χ3n) is 4.55. The van der Waals surface area contributed by atoms with Gasteiger partial charge in [0.15, 0.2) is 0 Å². The normalized spacial score (nSPS) is 25.1. The quantitative estimate of drug-likeness (QED) is 0.898. The van der Waals surface area contributed by atoms with Crippen LogP contribution in [0.1, 0.15) is 42.4 Å². The summed E-state index contributed by atoms with van der Waals surface area (Å²) in [5.41, 5.74) is 10.2. The van der Waals surface area contributed by atoms with Gasteiger partial charge in [-0.2, -0.15) is 0 Å². The Bertz CT molecular complexity index is 605. The fourth-order valence-corrected chi connectivity index (χ4v) is 3.26. The van der Waals surface area contributed by atoms with Crippen LogP contribution in [0.5, 0.6) is 5.75 Å².